The molecule has 4 heteroatoms. The monoisotopic (exact) mass is 242 g/mol. The Morgan fingerprint density at radius 2 is 1.78 bits per heavy atom. The van der Waals surface area contributed by atoms with Crippen LogP contribution in [-0.4, -0.2) is 4.57 Å². The van der Waals surface area contributed by atoms with Crippen molar-refractivity contribution in [1.29, 1.82) is 5.26 Å². The average molecular weight is 242 g/mol. The van der Waals surface area contributed by atoms with Crippen LogP contribution in [0.25, 0.3) is 5.69 Å². The lowest BCUT2D eigenvalue weighted by molar-refractivity contribution is 0.614. The van der Waals surface area contributed by atoms with Gasteiger partial charge in [0.2, 0.25) is 0 Å². The molecule has 0 unspecified atom stereocenters. The van der Waals surface area contributed by atoms with Crippen molar-refractivity contribution >= 4 is 0 Å². The molecule has 1 aromatic heterocycles. The molecule has 0 bridgehead atoms. The van der Waals surface area contributed by atoms with E-state index in [1.54, 1.807) is 30.5 Å². The van der Waals surface area contributed by atoms with Crippen molar-refractivity contribution in [2.45, 2.75) is 13.8 Å². The van der Waals surface area contributed by atoms with Crippen LogP contribution in [0.5, 0.6) is 0 Å². The van der Waals surface area contributed by atoms with Crippen LogP contribution >= 0.6 is 0 Å². The Morgan fingerprint density at radius 3 is 2.28 bits per heavy atom. The largest absolute Gasteiger partial charge is 0.316 e. The maximum Gasteiger partial charge on any atom is 0.182 e. The lowest BCUT2D eigenvalue weighted by Crippen LogP contribution is -2.12. The van der Waals surface area contributed by atoms with Crippen LogP contribution in [0.4, 0.5) is 4.39 Å². The lowest BCUT2D eigenvalue weighted by Gasteiger charge is -2.15. The number of nitriles is 1. The van der Waals surface area contributed by atoms with Crippen molar-refractivity contribution in [2.75, 3.05) is 0 Å². The van der Waals surface area contributed by atoms with Crippen LogP contribution in [0.2, 0.25) is 0 Å². The van der Waals surface area contributed by atoms with Crippen molar-refractivity contribution in [2.24, 2.45) is 0 Å². The number of hydrogen-bond acceptors (Lipinski definition) is 2. The molecule has 0 amide bonds. The maximum atomic E-state index is 13.9. The quantitative estimate of drug-likeness (QED) is 0.771. The number of benzene rings is 1. The zero-order valence-electron chi connectivity index (χ0n) is 10.1. The van der Waals surface area contributed by atoms with E-state index in [0.717, 1.165) is 0 Å². The lowest BCUT2D eigenvalue weighted by atomic mass is 10.2. The molecule has 1 heterocycles. The van der Waals surface area contributed by atoms with Crippen LogP contribution in [0, 0.1) is 31.0 Å². The predicted molar refractivity (Wildman–Crippen MR) is 66.2 cm³/mol. The minimum atomic E-state index is -0.483. The van der Waals surface area contributed by atoms with E-state index in [2.05, 4.69) is 0 Å². The highest BCUT2D eigenvalue weighted by atomic mass is 19.1. The topological polar surface area (TPSA) is 45.8 Å². The summed E-state index contributed by atoms with van der Waals surface area (Å²) >= 11 is 0. The second-order valence-electron chi connectivity index (χ2n) is 4.09. The van der Waals surface area contributed by atoms with Gasteiger partial charge in [0.05, 0.1) is 17.3 Å². The van der Waals surface area contributed by atoms with E-state index in [-0.39, 0.29) is 11.0 Å². The molecule has 0 N–H and O–H groups in total. The summed E-state index contributed by atoms with van der Waals surface area (Å²) in [6, 6.07) is 9.06. The molecule has 0 spiro atoms. The Labute approximate surface area is 104 Å². The molecule has 0 fully saturated rings. The molecule has 2 aromatic rings. The standard InChI is InChI=1S/C14H11FN2O/c1-9-5-12(18)6-10(2)17(9)14-4-3-11(8-16)7-13(14)15/h3-7H,1-2H3. The van der Waals surface area contributed by atoms with Gasteiger partial charge in [-0.1, -0.05) is 0 Å². The van der Waals surface area contributed by atoms with Crippen molar-refractivity contribution in [1.82, 2.24) is 4.57 Å². The van der Waals surface area contributed by atoms with E-state index in [4.69, 9.17) is 5.26 Å². The SMILES string of the molecule is Cc1cc(=O)cc(C)n1-c1ccc(C#N)cc1F. The van der Waals surface area contributed by atoms with Gasteiger partial charge < -0.3 is 4.57 Å². The summed E-state index contributed by atoms with van der Waals surface area (Å²) in [5.74, 6) is -0.483. The Hall–Kier alpha value is -2.41. The first kappa shape index (κ1) is 12.1. The molecule has 90 valence electrons. The first-order valence-corrected chi connectivity index (χ1v) is 5.43. The molecule has 0 saturated heterocycles. The fraction of sp³-hybridized carbons (Fsp3) is 0.143. The highest BCUT2D eigenvalue weighted by molar-refractivity contribution is 5.43. The van der Waals surface area contributed by atoms with Crippen molar-refractivity contribution < 1.29 is 4.39 Å². The van der Waals surface area contributed by atoms with Gasteiger partial charge in [0.15, 0.2) is 5.43 Å². The third-order valence-corrected chi connectivity index (χ3v) is 2.73. The molecule has 18 heavy (non-hydrogen) atoms. The highest BCUT2D eigenvalue weighted by Gasteiger charge is 2.09. The molecule has 3 nitrogen and oxygen atoms in total. The van der Waals surface area contributed by atoms with Gasteiger partial charge in [-0.3, -0.25) is 4.79 Å². The molecule has 0 aliphatic heterocycles. The van der Waals surface area contributed by atoms with Gasteiger partial charge in [0.25, 0.3) is 0 Å². The van der Waals surface area contributed by atoms with E-state index < -0.39 is 5.82 Å². The number of rotatable bonds is 1. The number of aromatic nitrogens is 1. The minimum Gasteiger partial charge on any atom is -0.316 e. The summed E-state index contributed by atoms with van der Waals surface area (Å²) in [5, 5.41) is 8.70. The molecule has 2 rings (SSSR count). The van der Waals surface area contributed by atoms with Crippen LogP contribution in [0.15, 0.2) is 35.1 Å². The van der Waals surface area contributed by atoms with Crippen molar-refractivity contribution in [3.05, 3.63) is 63.3 Å². The highest BCUT2D eigenvalue weighted by Crippen LogP contribution is 2.18. The Kier molecular flexibility index (Phi) is 2.99. The van der Waals surface area contributed by atoms with Crippen LogP contribution < -0.4 is 5.43 Å². The summed E-state index contributed by atoms with van der Waals surface area (Å²) in [4.78, 5) is 11.3. The molecule has 0 aliphatic rings. The molecule has 0 saturated carbocycles. The molecular formula is C14H11FN2O. The number of halogens is 1. The summed E-state index contributed by atoms with van der Waals surface area (Å²) in [7, 11) is 0. The Bertz CT molecular complexity index is 684. The fourth-order valence-electron chi connectivity index (χ4n) is 2.00. The molecule has 0 radical (unpaired) electrons. The van der Waals surface area contributed by atoms with Gasteiger partial charge in [0.1, 0.15) is 5.82 Å². The van der Waals surface area contributed by atoms with E-state index >= 15 is 0 Å². The van der Waals surface area contributed by atoms with Gasteiger partial charge in [-0.15, -0.1) is 0 Å². The molecule has 0 atom stereocenters. The zero-order chi connectivity index (χ0) is 13.3. The maximum absolute atomic E-state index is 13.9. The van der Waals surface area contributed by atoms with Crippen molar-refractivity contribution in [3.63, 3.8) is 0 Å². The molecular weight excluding hydrogens is 231 g/mol. The van der Waals surface area contributed by atoms with E-state index in [1.165, 1.54) is 18.2 Å². The number of aryl methyl sites for hydroxylation is 2. The fourth-order valence-corrected chi connectivity index (χ4v) is 2.00. The van der Waals surface area contributed by atoms with Crippen LogP contribution in [0.3, 0.4) is 0 Å². The minimum absolute atomic E-state index is 0.102. The normalized spacial score (nSPS) is 10.1. The molecule has 1 aromatic carbocycles. The van der Waals surface area contributed by atoms with Gasteiger partial charge in [0, 0.05) is 23.5 Å². The first-order valence-electron chi connectivity index (χ1n) is 5.43. The zero-order valence-corrected chi connectivity index (χ0v) is 10.1. The van der Waals surface area contributed by atoms with E-state index in [1.807, 2.05) is 6.07 Å². The predicted octanol–water partition coefficient (Wildman–Crippen LogP) is 2.47. The summed E-state index contributed by atoms with van der Waals surface area (Å²) < 4.78 is 15.6. The summed E-state index contributed by atoms with van der Waals surface area (Å²) in [6.45, 7) is 3.48. The third-order valence-electron chi connectivity index (χ3n) is 2.73. The van der Waals surface area contributed by atoms with Gasteiger partial charge in [-0.05, 0) is 32.0 Å². The average Bonchev–Trinajstić information content (AvgIpc) is 2.29. The van der Waals surface area contributed by atoms with Gasteiger partial charge in [-0.2, -0.15) is 5.26 Å². The first-order chi connectivity index (χ1) is 8.52. The number of hydrogen-bond donors (Lipinski definition) is 0. The van der Waals surface area contributed by atoms with Crippen LogP contribution in [-0.2, 0) is 0 Å². The Balaban J connectivity index is 2.71. The Morgan fingerprint density at radius 1 is 1.17 bits per heavy atom. The smallest absolute Gasteiger partial charge is 0.182 e. The number of pyridine rings is 1. The third kappa shape index (κ3) is 2.03. The molecule has 0 aliphatic carbocycles. The second kappa shape index (κ2) is 4.46. The van der Waals surface area contributed by atoms with E-state index in [0.29, 0.717) is 17.1 Å². The second-order valence-corrected chi connectivity index (χ2v) is 4.09. The summed E-state index contributed by atoms with van der Waals surface area (Å²) in [5.41, 5.74) is 1.82. The summed E-state index contributed by atoms with van der Waals surface area (Å²) in [6.07, 6.45) is 0. The number of nitrogens with zero attached hydrogens (tertiary/aromatic N) is 2. The van der Waals surface area contributed by atoms with E-state index in [9.17, 15) is 9.18 Å². The van der Waals surface area contributed by atoms with Gasteiger partial charge in [-0.25, -0.2) is 4.39 Å². The van der Waals surface area contributed by atoms with Gasteiger partial charge >= 0.3 is 0 Å². The van der Waals surface area contributed by atoms with Crippen molar-refractivity contribution in [3.8, 4) is 11.8 Å². The van der Waals surface area contributed by atoms with Crippen LogP contribution in [0.1, 0.15) is 17.0 Å².